The molecule has 2 saturated carbocycles. The largest absolute Gasteiger partial charge is 0.330 e. The molecule has 0 spiro atoms. The van der Waals surface area contributed by atoms with Crippen molar-refractivity contribution < 1.29 is 9.59 Å². The van der Waals surface area contributed by atoms with Crippen LogP contribution < -0.4 is 16.4 Å². The van der Waals surface area contributed by atoms with Crippen LogP contribution in [-0.4, -0.2) is 18.4 Å². The van der Waals surface area contributed by atoms with Crippen LogP contribution in [0.15, 0.2) is 24.3 Å². The van der Waals surface area contributed by atoms with Crippen molar-refractivity contribution in [2.45, 2.75) is 32.1 Å². The van der Waals surface area contributed by atoms with Crippen molar-refractivity contribution in [2.24, 2.45) is 23.5 Å². The van der Waals surface area contributed by atoms with Gasteiger partial charge in [0.25, 0.3) is 0 Å². The Morgan fingerprint density at radius 1 is 1.05 bits per heavy atom. The number of rotatable bonds is 5. The van der Waals surface area contributed by atoms with Gasteiger partial charge in [0, 0.05) is 23.2 Å². The van der Waals surface area contributed by atoms with Gasteiger partial charge in [0.15, 0.2) is 0 Å². The maximum absolute atomic E-state index is 12.4. The number of amides is 2. The van der Waals surface area contributed by atoms with E-state index in [1.165, 1.54) is 0 Å². The highest BCUT2D eigenvalue weighted by Crippen LogP contribution is 2.32. The molecule has 2 aliphatic carbocycles. The smallest absolute Gasteiger partial charge is 0.227 e. The van der Waals surface area contributed by atoms with Crippen molar-refractivity contribution in [1.82, 2.24) is 0 Å². The van der Waals surface area contributed by atoms with Gasteiger partial charge in [-0.15, -0.1) is 0 Å². The van der Waals surface area contributed by atoms with Gasteiger partial charge in [0.1, 0.15) is 0 Å². The molecule has 1 aromatic carbocycles. The first-order chi connectivity index (χ1) is 10.7. The van der Waals surface area contributed by atoms with Gasteiger partial charge >= 0.3 is 0 Å². The molecule has 4 N–H and O–H groups in total. The minimum atomic E-state index is 0.00899. The molecule has 5 heteroatoms. The normalized spacial score (nSPS) is 24.0. The van der Waals surface area contributed by atoms with Gasteiger partial charge in [-0.1, -0.05) is 12.5 Å². The highest BCUT2D eigenvalue weighted by Gasteiger charge is 2.32. The average Bonchev–Trinajstić information content (AvgIpc) is 3.25. The molecule has 5 nitrogen and oxygen atoms in total. The number of benzene rings is 1. The molecule has 0 aliphatic heterocycles. The number of carbonyl (C=O) groups excluding carboxylic acids is 2. The van der Waals surface area contributed by atoms with E-state index in [4.69, 9.17) is 5.73 Å². The third kappa shape index (κ3) is 3.47. The fourth-order valence-corrected chi connectivity index (χ4v) is 3.16. The van der Waals surface area contributed by atoms with Crippen molar-refractivity contribution in [3.05, 3.63) is 24.3 Å². The number of hydrogen-bond acceptors (Lipinski definition) is 3. The van der Waals surface area contributed by atoms with Crippen LogP contribution in [-0.2, 0) is 9.59 Å². The highest BCUT2D eigenvalue weighted by atomic mass is 16.2. The second kappa shape index (κ2) is 6.48. The number of nitrogens with two attached hydrogens (primary N) is 1. The summed E-state index contributed by atoms with van der Waals surface area (Å²) in [5, 5.41) is 5.86. The maximum atomic E-state index is 12.4. The van der Waals surface area contributed by atoms with Crippen molar-refractivity contribution >= 4 is 23.2 Å². The third-order valence-electron chi connectivity index (χ3n) is 4.64. The van der Waals surface area contributed by atoms with Crippen molar-refractivity contribution in [3.63, 3.8) is 0 Å². The summed E-state index contributed by atoms with van der Waals surface area (Å²) in [6, 6.07) is 7.34. The van der Waals surface area contributed by atoms with Crippen molar-refractivity contribution in [3.8, 4) is 0 Å². The van der Waals surface area contributed by atoms with Crippen molar-refractivity contribution in [1.29, 1.82) is 0 Å². The van der Waals surface area contributed by atoms with Crippen LogP contribution in [0.2, 0.25) is 0 Å². The third-order valence-corrected chi connectivity index (χ3v) is 4.64. The molecule has 2 amide bonds. The van der Waals surface area contributed by atoms with E-state index in [9.17, 15) is 9.59 Å². The molecule has 118 valence electrons. The first-order valence-corrected chi connectivity index (χ1v) is 8.09. The van der Waals surface area contributed by atoms with Crippen LogP contribution in [0.4, 0.5) is 11.4 Å². The summed E-state index contributed by atoms with van der Waals surface area (Å²) in [4.78, 5) is 24.2. The Labute approximate surface area is 130 Å². The highest BCUT2D eigenvalue weighted by molar-refractivity contribution is 5.96. The van der Waals surface area contributed by atoms with Crippen LogP contribution in [0, 0.1) is 17.8 Å². The van der Waals surface area contributed by atoms with Gasteiger partial charge in [0.05, 0.1) is 0 Å². The zero-order valence-electron chi connectivity index (χ0n) is 12.7. The molecule has 2 fully saturated rings. The molecule has 22 heavy (non-hydrogen) atoms. The standard InChI is InChI=1S/C17H23N3O2/c18-10-12-3-1-6-15(12)17(22)20-14-5-2-4-13(9-14)19-16(21)11-7-8-11/h2,4-5,9,11-12,15H,1,3,6-8,10,18H2,(H,19,21)(H,20,22)/t12-,15-/m1/s1. The topological polar surface area (TPSA) is 84.2 Å². The van der Waals surface area contributed by atoms with E-state index in [0.29, 0.717) is 6.54 Å². The summed E-state index contributed by atoms with van der Waals surface area (Å²) in [7, 11) is 0. The molecule has 0 unspecified atom stereocenters. The van der Waals surface area contributed by atoms with E-state index in [2.05, 4.69) is 10.6 Å². The molecule has 0 heterocycles. The lowest BCUT2D eigenvalue weighted by Gasteiger charge is -2.17. The summed E-state index contributed by atoms with van der Waals surface area (Å²) in [6.45, 7) is 0.565. The molecule has 1 aromatic rings. The first-order valence-electron chi connectivity index (χ1n) is 8.09. The zero-order valence-corrected chi connectivity index (χ0v) is 12.7. The van der Waals surface area contributed by atoms with E-state index in [1.807, 2.05) is 24.3 Å². The van der Waals surface area contributed by atoms with Gasteiger partial charge in [-0.3, -0.25) is 9.59 Å². The Morgan fingerprint density at radius 2 is 1.73 bits per heavy atom. The Balaban J connectivity index is 1.62. The Bertz CT molecular complexity index is 569. The first kappa shape index (κ1) is 15.0. The Kier molecular flexibility index (Phi) is 4.43. The van der Waals surface area contributed by atoms with E-state index in [1.54, 1.807) is 0 Å². The minimum absolute atomic E-state index is 0.00899. The fraction of sp³-hybridized carbons (Fsp3) is 0.529. The number of anilines is 2. The fourth-order valence-electron chi connectivity index (χ4n) is 3.16. The van der Waals surface area contributed by atoms with Gasteiger partial charge in [-0.05, 0) is 56.3 Å². The second-order valence-corrected chi connectivity index (χ2v) is 6.37. The molecule has 0 aromatic heterocycles. The van der Waals surface area contributed by atoms with Crippen LogP contribution in [0.5, 0.6) is 0 Å². The zero-order chi connectivity index (χ0) is 15.5. The van der Waals surface area contributed by atoms with E-state index in [0.717, 1.165) is 43.5 Å². The average molecular weight is 301 g/mol. The number of hydrogen-bond donors (Lipinski definition) is 3. The Hall–Kier alpha value is -1.88. The summed E-state index contributed by atoms with van der Waals surface area (Å²) >= 11 is 0. The minimum Gasteiger partial charge on any atom is -0.330 e. The molecule has 0 bridgehead atoms. The van der Waals surface area contributed by atoms with Gasteiger partial charge in [-0.2, -0.15) is 0 Å². The lowest BCUT2D eigenvalue weighted by atomic mass is 9.95. The van der Waals surface area contributed by atoms with Gasteiger partial charge in [0.2, 0.25) is 11.8 Å². The SMILES string of the molecule is NC[C@H]1CCC[C@H]1C(=O)Nc1cccc(NC(=O)C2CC2)c1. The quantitative estimate of drug-likeness (QED) is 0.780. The number of carbonyl (C=O) groups is 2. The van der Waals surface area contributed by atoms with Crippen LogP contribution in [0.1, 0.15) is 32.1 Å². The summed E-state index contributed by atoms with van der Waals surface area (Å²) in [6.07, 6.45) is 4.96. The molecule has 0 radical (unpaired) electrons. The van der Waals surface area contributed by atoms with E-state index < -0.39 is 0 Å². The van der Waals surface area contributed by atoms with Crippen LogP contribution in [0.3, 0.4) is 0 Å². The van der Waals surface area contributed by atoms with E-state index in [-0.39, 0.29) is 29.6 Å². The van der Waals surface area contributed by atoms with Crippen molar-refractivity contribution in [2.75, 3.05) is 17.2 Å². The monoisotopic (exact) mass is 301 g/mol. The predicted molar refractivity (Wildman–Crippen MR) is 86.3 cm³/mol. The summed E-state index contributed by atoms with van der Waals surface area (Å²) in [5.74, 6) is 0.579. The Morgan fingerprint density at radius 3 is 2.36 bits per heavy atom. The molecule has 0 saturated heterocycles. The van der Waals surface area contributed by atoms with Crippen LogP contribution >= 0.6 is 0 Å². The number of nitrogens with one attached hydrogen (secondary N) is 2. The van der Waals surface area contributed by atoms with Gasteiger partial charge < -0.3 is 16.4 Å². The lowest BCUT2D eigenvalue weighted by molar-refractivity contribution is -0.120. The summed E-state index contributed by atoms with van der Waals surface area (Å²) < 4.78 is 0. The molecule has 2 aliphatic rings. The van der Waals surface area contributed by atoms with Crippen LogP contribution in [0.25, 0.3) is 0 Å². The molecular weight excluding hydrogens is 278 g/mol. The molecule has 2 atom stereocenters. The molecular formula is C17H23N3O2. The molecule has 3 rings (SSSR count). The second-order valence-electron chi connectivity index (χ2n) is 6.37. The van der Waals surface area contributed by atoms with Gasteiger partial charge in [-0.25, -0.2) is 0 Å². The lowest BCUT2D eigenvalue weighted by Crippen LogP contribution is -2.29. The van der Waals surface area contributed by atoms with E-state index >= 15 is 0 Å². The predicted octanol–water partition coefficient (Wildman–Crippen LogP) is 2.35. The maximum Gasteiger partial charge on any atom is 0.227 e. The summed E-state index contributed by atoms with van der Waals surface area (Å²) in [5.41, 5.74) is 7.20.